The Morgan fingerprint density at radius 3 is 2.38 bits per heavy atom. The molecule has 48 valence electrons. The zero-order chi connectivity index (χ0) is 6.20. The molecule has 0 aliphatic carbocycles. The second-order valence-electron chi connectivity index (χ2n) is 1.78. The number of nitrogens with two attached hydrogens (primary N) is 1. The van der Waals surface area contributed by atoms with Gasteiger partial charge in [0.2, 0.25) is 10.0 Å². The number of rotatable bonds is 2. The minimum atomic E-state index is -3.29. The largest absolute Gasteiger partial charge is 0.372 e. The van der Waals surface area contributed by atoms with Crippen molar-refractivity contribution in [3.63, 3.8) is 0 Å². The highest BCUT2D eigenvalue weighted by Crippen LogP contribution is 2.09. The third-order valence-electron chi connectivity index (χ3n) is 0.821. The van der Waals surface area contributed by atoms with Crippen molar-refractivity contribution < 1.29 is 13.2 Å². The van der Waals surface area contributed by atoms with Crippen molar-refractivity contribution in [3.05, 3.63) is 0 Å². The van der Waals surface area contributed by atoms with Gasteiger partial charge in [0.15, 0.2) is 0 Å². The van der Waals surface area contributed by atoms with Gasteiger partial charge in [0.1, 0.15) is 0 Å². The first-order valence-corrected chi connectivity index (χ1v) is 3.91. The number of ether oxygens (including phenoxy) is 1. The Morgan fingerprint density at radius 1 is 1.75 bits per heavy atom. The molecule has 0 bridgehead atoms. The lowest BCUT2D eigenvalue weighted by atomic mass is 10.6. The average Bonchev–Trinajstić information content (AvgIpc) is 2.12. The molecule has 1 atom stereocenters. The fourth-order valence-corrected chi connectivity index (χ4v) is 1.13. The molecule has 8 heavy (non-hydrogen) atoms. The van der Waals surface area contributed by atoms with Crippen molar-refractivity contribution in [2.75, 3.05) is 12.4 Å². The molecule has 4 nitrogen and oxygen atoms in total. The van der Waals surface area contributed by atoms with Gasteiger partial charge in [-0.3, -0.25) is 0 Å². The van der Waals surface area contributed by atoms with Crippen LogP contribution in [0.4, 0.5) is 0 Å². The normalized spacial score (nSPS) is 27.9. The van der Waals surface area contributed by atoms with Crippen LogP contribution in [0.2, 0.25) is 0 Å². The molecule has 1 aliphatic rings. The van der Waals surface area contributed by atoms with Crippen molar-refractivity contribution in [1.29, 1.82) is 0 Å². The van der Waals surface area contributed by atoms with Crippen LogP contribution < -0.4 is 5.14 Å². The molecular formula is C3H7NO3S. The first-order valence-electron chi connectivity index (χ1n) is 2.20. The summed E-state index contributed by atoms with van der Waals surface area (Å²) in [6.07, 6.45) is -0.120. The van der Waals surface area contributed by atoms with E-state index in [2.05, 4.69) is 9.88 Å². The number of hydrogen-bond donors (Lipinski definition) is 1. The molecule has 1 rings (SSSR count). The van der Waals surface area contributed by atoms with Gasteiger partial charge in [-0.05, 0) is 0 Å². The van der Waals surface area contributed by atoms with Gasteiger partial charge in [-0.2, -0.15) is 0 Å². The van der Waals surface area contributed by atoms with Gasteiger partial charge in [0, 0.05) is 0 Å². The van der Waals surface area contributed by atoms with Crippen molar-refractivity contribution in [2.45, 2.75) is 6.10 Å². The number of primary sulfonamides is 1. The summed E-state index contributed by atoms with van der Waals surface area (Å²) in [6.45, 7) is 0.538. The molecule has 1 saturated heterocycles. The van der Waals surface area contributed by atoms with Crippen LogP contribution in [0.5, 0.6) is 0 Å². The maximum absolute atomic E-state index is 10.2. The predicted octanol–water partition coefficient (Wildman–Crippen LogP) is -1.33. The molecule has 0 aromatic rings. The van der Waals surface area contributed by atoms with E-state index in [4.69, 9.17) is 0 Å². The maximum Gasteiger partial charge on any atom is 0.211 e. The van der Waals surface area contributed by atoms with Crippen molar-refractivity contribution in [2.24, 2.45) is 5.14 Å². The Balaban J connectivity index is 2.38. The molecule has 5 heteroatoms. The van der Waals surface area contributed by atoms with Crippen molar-refractivity contribution in [1.82, 2.24) is 0 Å². The molecule has 1 heterocycles. The van der Waals surface area contributed by atoms with Gasteiger partial charge in [-0.15, -0.1) is 0 Å². The Labute approximate surface area is 47.7 Å². The van der Waals surface area contributed by atoms with E-state index in [-0.39, 0.29) is 11.9 Å². The number of hydrogen-bond acceptors (Lipinski definition) is 3. The van der Waals surface area contributed by atoms with Crippen LogP contribution in [0.1, 0.15) is 0 Å². The van der Waals surface area contributed by atoms with E-state index in [1.807, 2.05) is 0 Å². The summed E-state index contributed by atoms with van der Waals surface area (Å²) in [7, 11) is -3.29. The zero-order valence-corrected chi connectivity index (χ0v) is 5.02. The van der Waals surface area contributed by atoms with Gasteiger partial charge >= 0.3 is 0 Å². The van der Waals surface area contributed by atoms with E-state index in [0.29, 0.717) is 6.61 Å². The summed E-state index contributed by atoms with van der Waals surface area (Å²) in [6, 6.07) is 0. The molecular weight excluding hydrogens is 130 g/mol. The molecule has 0 amide bonds. The second kappa shape index (κ2) is 1.68. The topological polar surface area (TPSA) is 72.7 Å². The van der Waals surface area contributed by atoms with Gasteiger partial charge < -0.3 is 4.74 Å². The first kappa shape index (κ1) is 6.00. The minimum Gasteiger partial charge on any atom is -0.372 e. The number of sulfonamides is 1. The summed E-state index contributed by atoms with van der Waals surface area (Å²) < 4.78 is 25.0. The van der Waals surface area contributed by atoms with Crippen LogP contribution in [-0.4, -0.2) is 26.9 Å². The fraction of sp³-hybridized carbons (Fsp3) is 1.00. The molecule has 2 N–H and O–H groups in total. The van der Waals surface area contributed by atoms with E-state index in [1.165, 1.54) is 0 Å². The maximum atomic E-state index is 10.2. The first-order chi connectivity index (χ1) is 3.58. The van der Waals surface area contributed by atoms with E-state index in [0.717, 1.165) is 0 Å². The Hall–Kier alpha value is -0.130. The molecule has 0 saturated carbocycles. The Kier molecular flexibility index (Phi) is 1.26. The van der Waals surface area contributed by atoms with Crippen LogP contribution in [0.15, 0.2) is 0 Å². The highest BCUT2D eigenvalue weighted by Gasteiger charge is 2.26. The van der Waals surface area contributed by atoms with Gasteiger partial charge in [0.25, 0.3) is 0 Å². The minimum absolute atomic E-state index is 0.0347. The fourth-order valence-electron chi connectivity index (χ4n) is 0.423. The summed E-state index contributed by atoms with van der Waals surface area (Å²) >= 11 is 0. The van der Waals surface area contributed by atoms with Crippen LogP contribution >= 0.6 is 0 Å². The summed E-state index contributed by atoms with van der Waals surface area (Å²) in [5.74, 6) is -0.0347. The van der Waals surface area contributed by atoms with Gasteiger partial charge in [0.05, 0.1) is 18.5 Å². The standard InChI is InChI=1S/C3H7NO3S/c4-8(5,6)2-3-1-7-3/h3H,1-2H2,(H2,4,5,6). The summed E-state index contributed by atoms with van der Waals surface area (Å²) in [5.41, 5.74) is 0. The predicted molar refractivity (Wildman–Crippen MR) is 27.7 cm³/mol. The smallest absolute Gasteiger partial charge is 0.211 e. The number of epoxide rings is 1. The Bertz CT molecular complexity index is 169. The monoisotopic (exact) mass is 137 g/mol. The third-order valence-corrected chi connectivity index (χ3v) is 1.66. The summed E-state index contributed by atoms with van der Waals surface area (Å²) in [5, 5.41) is 4.67. The summed E-state index contributed by atoms with van der Waals surface area (Å²) in [4.78, 5) is 0. The molecule has 0 aromatic heterocycles. The van der Waals surface area contributed by atoms with Crippen molar-refractivity contribution >= 4 is 10.0 Å². The molecule has 1 aliphatic heterocycles. The van der Waals surface area contributed by atoms with E-state index in [1.54, 1.807) is 0 Å². The van der Waals surface area contributed by atoms with E-state index < -0.39 is 10.0 Å². The lowest BCUT2D eigenvalue weighted by Crippen LogP contribution is -2.19. The van der Waals surface area contributed by atoms with Crippen LogP contribution in [-0.2, 0) is 14.8 Å². The third kappa shape index (κ3) is 2.25. The van der Waals surface area contributed by atoms with Gasteiger partial charge in [-0.1, -0.05) is 0 Å². The van der Waals surface area contributed by atoms with Crippen LogP contribution in [0.3, 0.4) is 0 Å². The van der Waals surface area contributed by atoms with Crippen LogP contribution in [0, 0.1) is 0 Å². The average molecular weight is 137 g/mol. The zero-order valence-electron chi connectivity index (χ0n) is 4.20. The molecule has 0 aromatic carbocycles. The van der Waals surface area contributed by atoms with E-state index >= 15 is 0 Å². The molecule has 0 radical (unpaired) electrons. The quantitative estimate of drug-likeness (QED) is 0.479. The Morgan fingerprint density at radius 2 is 2.25 bits per heavy atom. The lowest BCUT2D eigenvalue weighted by Gasteiger charge is -1.87. The van der Waals surface area contributed by atoms with Gasteiger partial charge in [-0.25, -0.2) is 13.6 Å². The van der Waals surface area contributed by atoms with E-state index in [9.17, 15) is 8.42 Å². The lowest BCUT2D eigenvalue weighted by molar-refractivity contribution is 0.422. The molecule has 0 spiro atoms. The molecule has 1 unspecified atom stereocenters. The molecule has 1 fully saturated rings. The SMILES string of the molecule is NS(=O)(=O)CC1CO1. The van der Waals surface area contributed by atoms with Crippen molar-refractivity contribution in [3.8, 4) is 0 Å². The highest BCUT2D eigenvalue weighted by atomic mass is 32.2. The second-order valence-corrected chi connectivity index (χ2v) is 3.44. The highest BCUT2D eigenvalue weighted by molar-refractivity contribution is 7.89. The van der Waals surface area contributed by atoms with Crippen LogP contribution in [0.25, 0.3) is 0 Å².